The van der Waals surface area contributed by atoms with Crippen molar-refractivity contribution in [1.29, 1.82) is 0 Å². The molecule has 1 unspecified atom stereocenters. The number of benzene rings is 1. The number of ether oxygens (including phenoxy) is 1. The summed E-state index contributed by atoms with van der Waals surface area (Å²) in [6, 6.07) is 8.96. The molecule has 1 aromatic carbocycles. The van der Waals surface area contributed by atoms with E-state index in [0.29, 0.717) is 22.8 Å². The first-order chi connectivity index (χ1) is 9.11. The number of thiophene rings is 1. The predicted molar refractivity (Wildman–Crippen MR) is 76.4 cm³/mol. The first-order valence-corrected chi connectivity index (χ1v) is 6.96. The molecule has 2 aromatic rings. The van der Waals surface area contributed by atoms with Crippen LogP contribution < -0.4 is 4.74 Å². The van der Waals surface area contributed by atoms with Crippen LogP contribution in [-0.4, -0.2) is 18.2 Å². The predicted octanol–water partition coefficient (Wildman–Crippen LogP) is 3.82. The average molecular weight is 297 g/mol. The van der Waals surface area contributed by atoms with Crippen molar-refractivity contribution in [1.82, 2.24) is 0 Å². The first-order valence-electron chi connectivity index (χ1n) is 5.70. The summed E-state index contributed by atoms with van der Waals surface area (Å²) in [7, 11) is 1.53. The lowest BCUT2D eigenvalue weighted by atomic mass is 9.95. The average Bonchev–Trinajstić information content (AvgIpc) is 2.88. The quantitative estimate of drug-likeness (QED) is 0.912. The summed E-state index contributed by atoms with van der Waals surface area (Å²) in [4.78, 5) is 12.5. The minimum Gasteiger partial charge on any atom is -0.495 e. The van der Waals surface area contributed by atoms with E-state index in [0.717, 1.165) is 4.88 Å². The number of hydrogen-bond acceptors (Lipinski definition) is 3. The second-order valence-electron chi connectivity index (χ2n) is 4.07. The number of hydrogen-bond donors (Lipinski definition) is 1. The van der Waals surface area contributed by atoms with E-state index in [4.69, 9.17) is 16.3 Å². The molecule has 0 radical (unpaired) electrons. The zero-order chi connectivity index (χ0) is 13.8. The molecule has 0 aliphatic heterocycles. The fraction of sp³-hybridized carbons (Fsp3) is 0.214. The van der Waals surface area contributed by atoms with E-state index in [2.05, 4.69) is 0 Å². The minimum absolute atomic E-state index is 0.428. The van der Waals surface area contributed by atoms with Crippen LogP contribution in [0.3, 0.4) is 0 Å². The van der Waals surface area contributed by atoms with Gasteiger partial charge in [-0.05, 0) is 35.6 Å². The second kappa shape index (κ2) is 6.08. The molecule has 0 spiro atoms. The fourth-order valence-electron chi connectivity index (χ4n) is 1.88. The van der Waals surface area contributed by atoms with Crippen LogP contribution in [0, 0.1) is 0 Å². The van der Waals surface area contributed by atoms with Gasteiger partial charge >= 0.3 is 5.97 Å². The van der Waals surface area contributed by atoms with E-state index in [1.54, 1.807) is 29.5 Å². The summed E-state index contributed by atoms with van der Waals surface area (Å²) >= 11 is 7.60. The summed E-state index contributed by atoms with van der Waals surface area (Å²) in [6.07, 6.45) is 0.468. The molecular weight excluding hydrogens is 284 g/mol. The molecule has 1 N–H and O–H groups in total. The van der Waals surface area contributed by atoms with Gasteiger partial charge in [-0.3, -0.25) is 4.79 Å². The Hall–Kier alpha value is -1.52. The molecule has 1 heterocycles. The summed E-state index contributed by atoms with van der Waals surface area (Å²) in [5.41, 5.74) is 0.687. The molecule has 0 saturated heterocycles. The molecule has 100 valence electrons. The van der Waals surface area contributed by atoms with Crippen molar-refractivity contribution in [2.45, 2.75) is 12.3 Å². The first kappa shape index (κ1) is 13.9. The number of carboxylic acid groups (broad SMARTS) is 1. The van der Waals surface area contributed by atoms with Crippen LogP contribution in [0.1, 0.15) is 16.4 Å². The van der Waals surface area contributed by atoms with E-state index in [9.17, 15) is 9.90 Å². The molecule has 0 aliphatic rings. The number of halogens is 1. The largest absolute Gasteiger partial charge is 0.495 e. The molecule has 0 bridgehead atoms. The molecule has 1 atom stereocenters. The molecule has 19 heavy (non-hydrogen) atoms. The van der Waals surface area contributed by atoms with Gasteiger partial charge in [0, 0.05) is 4.88 Å². The van der Waals surface area contributed by atoms with Crippen molar-refractivity contribution in [2.24, 2.45) is 0 Å². The highest BCUT2D eigenvalue weighted by atomic mass is 35.5. The molecule has 1 aromatic heterocycles. The van der Waals surface area contributed by atoms with Crippen molar-refractivity contribution in [2.75, 3.05) is 7.11 Å². The smallest absolute Gasteiger partial charge is 0.311 e. The van der Waals surface area contributed by atoms with Gasteiger partial charge in [-0.25, -0.2) is 0 Å². The zero-order valence-electron chi connectivity index (χ0n) is 10.3. The minimum atomic E-state index is -0.852. The van der Waals surface area contributed by atoms with Crippen molar-refractivity contribution in [3.63, 3.8) is 0 Å². The van der Waals surface area contributed by atoms with Gasteiger partial charge < -0.3 is 9.84 Å². The highest BCUT2D eigenvalue weighted by Gasteiger charge is 2.21. The SMILES string of the molecule is COc1ccc(C(Cc2cccs2)C(=O)O)cc1Cl. The third kappa shape index (κ3) is 3.28. The van der Waals surface area contributed by atoms with Crippen molar-refractivity contribution in [3.05, 3.63) is 51.2 Å². The van der Waals surface area contributed by atoms with E-state index in [1.165, 1.54) is 7.11 Å². The van der Waals surface area contributed by atoms with Crippen LogP contribution in [0.25, 0.3) is 0 Å². The fourth-order valence-corrected chi connectivity index (χ4v) is 2.90. The van der Waals surface area contributed by atoms with Gasteiger partial charge in [-0.15, -0.1) is 11.3 Å². The van der Waals surface area contributed by atoms with Crippen molar-refractivity contribution in [3.8, 4) is 5.75 Å². The molecule has 0 amide bonds. The third-order valence-corrected chi connectivity index (χ3v) is 4.06. The Balaban J connectivity index is 2.29. The lowest BCUT2D eigenvalue weighted by molar-refractivity contribution is -0.138. The zero-order valence-corrected chi connectivity index (χ0v) is 11.9. The standard InChI is InChI=1S/C14H13ClO3S/c1-18-13-5-4-9(7-12(13)15)11(14(16)17)8-10-3-2-6-19-10/h2-7,11H,8H2,1H3,(H,16,17). The number of carbonyl (C=O) groups is 1. The van der Waals surface area contributed by atoms with Gasteiger partial charge in [-0.1, -0.05) is 23.7 Å². The molecule has 3 nitrogen and oxygen atoms in total. The van der Waals surface area contributed by atoms with E-state index in [1.807, 2.05) is 17.5 Å². The van der Waals surface area contributed by atoms with Gasteiger partial charge in [0.2, 0.25) is 0 Å². The Morgan fingerprint density at radius 3 is 2.79 bits per heavy atom. The van der Waals surface area contributed by atoms with Gasteiger partial charge in [-0.2, -0.15) is 0 Å². The van der Waals surface area contributed by atoms with Crippen molar-refractivity contribution >= 4 is 28.9 Å². The number of methoxy groups -OCH3 is 1. The highest BCUT2D eigenvalue weighted by molar-refractivity contribution is 7.09. The van der Waals surface area contributed by atoms with E-state index in [-0.39, 0.29) is 0 Å². The molecule has 0 saturated carbocycles. The maximum absolute atomic E-state index is 11.4. The molecule has 0 aliphatic carbocycles. The third-order valence-electron chi connectivity index (χ3n) is 2.86. The molecule has 2 rings (SSSR count). The Kier molecular flexibility index (Phi) is 4.45. The lowest BCUT2D eigenvalue weighted by Gasteiger charge is -2.13. The Labute approximate surface area is 120 Å². The summed E-state index contributed by atoms with van der Waals surface area (Å²) in [6.45, 7) is 0. The van der Waals surface area contributed by atoms with Crippen LogP contribution in [-0.2, 0) is 11.2 Å². The normalized spacial score (nSPS) is 12.1. The van der Waals surface area contributed by atoms with Crippen LogP contribution in [0.15, 0.2) is 35.7 Å². The Bertz CT molecular complexity index is 566. The number of rotatable bonds is 5. The number of carboxylic acids is 1. The monoisotopic (exact) mass is 296 g/mol. The Morgan fingerprint density at radius 1 is 1.47 bits per heavy atom. The summed E-state index contributed by atoms with van der Waals surface area (Å²) in [5.74, 6) is -0.901. The molecule has 0 fully saturated rings. The highest BCUT2D eigenvalue weighted by Crippen LogP contribution is 2.30. The molecular formula is C14H13ClO3S. The van der Waals surface area contributed by atoms with E-state index < -0.39 is 11.9 Å². The Morgan fingerprint density at radius 2 is 2.26 bits per heavy atom. The van der Waals surface area contributed by atoms with Gasteiger partial charge in [0.25, 0.3) is 0 Å². The van der Waals surface area contributed by atoms with Crippen molar-refractivity contribution < 1.29 is 14.6 Å². The molecule has 5 heteroatoms. The van der Waals surface area contributed by atoms with Crippen LogP contribution in [0.4, 0.5) is 0 Å². The maximum atomic E-state index is 11.4. The second-order valence-corrected chi connectivity index (χ2v) is 5.51. The van der Waals surface area contributed by atoms with Crippen LogP contribution >= 0.6 is 22.9 Å². The van der Waals surface area contributed by atoms with Crippen LogP contribution in [0.2, 0.25) is 5.02 Å². The van der Waals surface area contributed by atoms with Gasteiger partial charge in [0.15, 0.2) is 0 Å². The topological polar surface area (TPSA) is 46.5 Å². The van der Waals surface area contributed by atoms with Gasteiger partial charge in [0.1, 0.15) is 5.75 Å². The summed E-state index contributed by atoms with van der Waals surface area (Å²) < 4.78 is 5.07. The maximum Gasteiger partial charge on any atom is 0.311 e. The van der Waals surface area contributed by atoms with E-state index >= 15 is 0 Å². The van der Waals surface area contributed by atoms with Crippen LogP contribution in [0.5, 0.6) is 5.75 Å². The lowest BCUT2D eigenvalue weighted by Crippen LogP contribution is -2.14. The number of aliphatic carboxylic acids is 1. The van der Waals surface area contributed by atoms with Gasteiger partial charge in [0.05, 0.1) is 18.1 Å². The summed E-state index contributed by atoms with van der Waals surface area (Å²) in [5, 5.41) is 11.7.